The number of carbonyl (C=O) groups is 1. The van der Waals surface area contributed by atoms with E-state index in [2.05, 4.69) is 30.7 Å². The molecule has 1 saturated heterocycles. The molecule has 0 aliphatic carbocycles. The van der Waals surface area contributed by atoms with Crippen LogP contribution in [0.25, 0.3) is 5.69 Å². The summed E-state index contributed by atoms with van der Waals surface area (Å²) < 4.78 is 1.56. The van der Waals surface area contributed by atoms with Crippen molar-refractivity contribution in [2.24, 2.45) is 5.92 Å². The zero-order valence-electron chi connectivity index (χ0n) is 14.9. The molecule has 8 heteroatoms. The number of tetrazole rings is 1. The third-order valence-corrected chi connectivity index (χ3v) is 4.76. The minimum Gasteiger partial charge on any atom is -0.326 e. The monoisotopic (exact) mass is 363 g/mol. The number of benzene rings is 1. The number of amides is 1. The lowest BCUT2D eigenvalue weighted by Crippen LogP contribution is -2.40. The number of hydrogen-bond donors (Lipinski definition) is 1. The number of anilines is 1. The van der Waals surface area contributed by atoms with Crippen molar-refractivity contribution in [2.45, 2.75) is 19.4 Å². The lowest BCUT2D eigenvalue weighted by Gasteiger charge is -2.32. The van der Waals surface area contributed by atoms with Gasteiger partial charge >= 0.3 is 0 Å². The fraction of sp³-hybridized carbons (Fsp3) is 0.316. The van der Waals surface area contributed by atoms with E-state index in [1.807, 2.05) is 36.4 Å². The predicted molar refractivity (Wildman–Crippen MR) is 100 cm³/mol. The van der Waals surface area contributed by atoms with Gasteiger partial charge in [-0.05, 0) is 65.7 Å². The maximum atomic E-state index is 12.8. The molecule has 4 rings (SSSR count). The Bertz CT molecular complexity index is 882. The van der Waals surface area contributed by atoms with E-state index >= 15 is 0 Å². The van der Waals surface area contributed by atoms with Crippen LogP contribution in [-0.4, -0.2) is 49.1 Å². The van der Waals surface area contributed by atoms with Gasteiger partial charge in [0.1, 0.15) is 6.33 Å². The Morgan fingerprint density at radius 3 is 2.93 bits per heavy atom. The molecule has 27 heavy (non-hydrogen) atoms. The summed E-state index contributed by atoms with van der Waals surface area (Å²) in [4.78, 5) is 19.2. The summed E-state index contributed by atoms with van der Waals surface area (Å²) in [5.74, 6) is 0.0422. The molecule has 1 fully saturated rings. The van der Waals surface area contributed by atoms with Gasteiger partial charge in [-0.25, -0.2) is 4.68 Å². The maximum absolute atomic E-state index is 12.8. The van der Waals surface area contributed by atoms with Crippen LogP contribution in [0.3, 0.4) is 0 Å². The van der Waals surface area contributed by atoms with Crippen molar-refractivity contribution in [3.63, 3.8) is 0 Å². The molecule has 1 amide bonds. The van der Waals surface area contributed by atoms with Gasteiger partial charge in [-0.2, -0.15) is 0 Å². The van der Waals surface area contributed by atoms with E-state index in [0.29, 0.717) is 0 Å². The van der Waals surface area contributed by atoms with Crippen molar-refractivity contribution in [3.8, 4) is 5.69 Å². The summed E-state index contributed by atoms with van der Waals surface area (Å²) in [6, 6.07) is 11.6. The van der Waals surface area contributed by atoms with Crippen LogP contribution in [0.15, 0.2) is 55.1 Å². The SMILES string of the molecule is O=C(Nc1cccc(-n2cnnn2)c1)[C@@H]1CCCN(Cc2ccncc2)C1. The second kappa shape index (κ2) is 8.05. The van der Waals surface area contributed by atoms with Crippen LogP contribution < -0.4 is 5.32 Å². The number of rotatable bonds is 5. The van der Waals surface area contributed by atoms with Crippen molar-refractivity contribution in [3.05, 3.63) is 60.7 Å². The van der Waals surface area contributed by atoms with Crippen LogP contribution >= 0.6 is 0 Å². The summed E-state index contributed by atoms with van der Waals surface area (Å²) in [6.45, 7) is 2.63. The molecule has 0 spiro atoms. The third-order valence-electron chi connectivity index (χ3n) is 4.76. The van der Waals surface area contributed by atoms with Gasteiger partial charge in [0, 0.05) is 31.2 Å². The molecule has 0 saturated carbocycles. The van der Waals surface area contributed by atoms with E-state index in [1.54, 1.807) is 17.1 Å². The molecule has 1 N–H and O–H groups in total. The topological polar surface area (TPSA) is 88.8 Å². The predicted octanol–water partition coefficient (Wildman–Crippen LogP) is 1.91. The highest BCUT2D eigenvalue weighted by atomic mass is 16.1. The summed E-state index contributed by atoms with van der Waals surface area (Å²) in [6.07, 6.45) is 7.07. The molecule has 1 aliphatic heterocycles. The Hall–Kier alpha value is -3.13. The molecule has 2 aromatic heterocycles. The minimum atomic E-state index is -0.0164. The van der Waals surface area contributed by atoms with E-state index in [9.17, 15) is 4.79 Å². The van der Waals surface area contributed by atoms with Gasteiger partial charge in [-0.3, -0.25) is 14.7 Å². The van der Waals surface area contributed by atoms with Crippen molar-refractivity contribution >= 4 is 11.6 Å². The average molecular weight is 363 g/mol. The zero-order valence-corrected chi connectivity index (χ0v) is 14.9. The molecular formula is C19H21N7O. The van der Waals surface area contributed by atoms with Crippen molar-refractivity contribution in [2.75, 3.05) is 18.4 Å². The smallest absolute Gasteiger partial charge is 0.228 e. The number of piperidine rings is 1. The first-order chi connectivity index (χ1) is 13.3. The Morgan fingerprint density at radius 1 is 1.22 bits per heavy atom. The van der Waals surface area contributed by atoms with E-state index in [0.717, 1.165) is 43.9 Å². The van der Waals surface area contributed by atoms with Gasteiger partial charge < -0.3 is 5.32 Å². The van der Waals surface area contributed by atoms with Crippen LogP contribution in [0.1, 0.15) is 18.4 Å². The lowest BCUT2D eigenvalue weighted by molar-refractivity contribution is -0.121. The van der Waals surface area contributed by atoms with E-state index in [4.69, 9.17) is 0 Å². The van der Waals surface area contributed by atoms with Crippen molar-refractivity contribution in [1.82, 2.24) is 30.1 Å². The molecule has 3 aromatic rings. The van der Waals surface area contributed by atoms with E-state index in [-0.39, 0.29) is 11.8 Å². The maximum Gasteiger partial charge on any atom is 0.228 e. The average Bonchev–Trinajstić information content (AvgIpc) is 3.24. The highest BCUT2D eigenvalue weighted by Crippen LogP contribution is 2.21. The molecule has 1 aliphatic rings. The number of pyridine rings is 1. The minimum absolute atomic E-state index is 0.0164. The number of hydrogen-bond acceptors (Lipinski definition) is 6. The van der Waals surface area contributed by atoms with E-state index < -0.39 is 0 Å². The lowest BCUT2D eigenvalue weighted by atomic mass is 9.96. The van der Waals surface area contributed by atoms with Gasteiger partial charge in [0.05, 0.1) is 11.6 Å². The summed E-state index contributed by atoms with van der Waals surface area (Å²) in [5, 5.41) is 14.2. The van der Waals surface area contributed by atoms with Gasteiger partial charge in [0.25, 0.3) is 0 Å². The summed E-state index contributed by atoms with van der Waals surface area (Å²) in [5.41, 5.74) is 2.78. The molecule has 0 radical (unpaired) electrons. The highest BCUT2D eigenvalue weighted by Gasteiger charge is 2.26. The third kappa shape index (κ3) is 4.35. The number of nitrogens with zero attached hydrogens (tertiary/aromatic N) is 6. The van der Waals surface area contributed by atoms with Crippen LogP contribution in [-0.2, 0) is 11.3 Å². The second-order valence-corrected chi connectivity index (χ2v) is 6.72. The molecule has 0 bridgehead atoms. The summed E-state index contributed by atoms with van der Waals surface area (Å²) in [7, 11) is 0. The molecule has 1 aromatic carbocycles. The standard InChI is InChI=1S/C19H21N7O/c27-19(22-17-4-1-5-18(11-17)26-14-21-23-24-26)16-3-2-10-25(13-16)12-15-6-8-20-9-7-15/h1,4-9,11,14,16H,2-3,10,12-13H2,(H,22,27)/t16-/m1/s1. The quantitative estimate of drug-likeness (QED) is 0.745. The number of nitrogens with one attached hydrogen (secondary N) is 1. The first-order valence-electron chi connectivity index (χ1n) is 9.03. The first kappa shape index (κ1) is 17.3. The van der Waals surface area contributed by atoms with Crippen LogP contribution in [0.2, 0.25) is 0 Å². The van der Waals surface area contributed by atoms with Gasteiger partial charge in [0.2, 0.25) is 5.91 Å². The first-order valence-corrected chi connectivity index (χ1v) is 9.03. The summed E-state index contributed by atoms with van der Waals surface area (Å²) >= 11 is 0. The largest absolute Gasteiger partial charge is 0.326 e. The molecule has 8 nitrogen and oxygen atoms in total. The number of likely N-dealkylation sites (tertiary alicyclic amines) is 1. The van der Waals surface area contributed by atoms with E-state index in [1.165, 1.54) is 11.9 Å². The highest BCUT2D eigenvalue weighted by molar-refractivity contribution is 5.93. The Labute approximate surface area is 157 Å². The van der Waals surface area contributed by atoms with Crippen LogP contribution in [0, 0.1) is 5.92 Å². The van der Waals surface area contributed by atoms with Crippen molar-refractivity contribution < 1.29 is 4.79 Å². The normalized spacial score (nSPS) is 17.6. The molecule has 1 atom stereocenters. The van der Waals surface area contributed by atoms with Crippen molar-refractivity contribution in [1.29, 1.82) is 0 Å². The Kier molecular flexibility index (Phi) is 5.15. The fourth-order valence-electron chi connectivity index (χ4n) is 3.41. The Morgan fingerprint density at radius 2 is 2.11 bits per heavy atom. The molecular weight excluding hydrogens is 342 g/mol. The molecule has 3 heterocycles. The van der Waals surface area contributed by atoms with Gasteiger partial charge in [0.15, 0.2) is 0 Å². The van der Waals surface area contributed by atoms with Gasteiger partial charge in [-0.15, -0.1) is 5.10 Å². The second-order valence-electron chi connectivity index (χ2n) is 6.72. The number of aromatic nitrogens is 5. The fourth-order valence-corrected chi connectivity index (χ4v) is 3.41. The number of carbonyl (C=O) groups excluding carboxylic acids is 1. The molecule has 138 valence electrons. The zero-order chi connectivity index (χ0) is 18.5. The Balaban J connectivity index is 1.38. The van der Waals surface area contributed by atoms with Crippen LogP contribution in [0.5, 0.6) is 0 Å². The van der Waals surface area contributed by atoms with Crippen LogP contribution in [0.4, 0.5) is 5.69 Å². The molecule has 0 unspecified atom stereocenters. The van der Waals surface area contributed by atoms with Gasteiger partial charge in [-0.1, -0.05) is 6.07 Å².